The summed E-state index contributed by atoms with van der Waals surface area (Å²) in [7, 11) is 0. The number of pyridine rings is 1. The highest BCUT2D eigenvalue weighted by atomic mass is 19.1. The number of rotatable bonds is 5. The molecule has 0 bridgehead atoms. The second-order valence-electron chi connectivity index (χ2n) is 7.14. The maximum absolute atomic E-state index is 13.1. The van der Waals surface area contributed by atoms with E-state index in [2.05, 4.69) is 57.3 Å². The highest BCUT2D eigenvalue weighted by molar-refractivity contribution is 5.40. The van der Waals surface area contributed by atoms with Gasteiger partial charge in [-0.2, -0.15) is 5.10 Å². The first-order valence-electron chi connectivity index (χ1n) is 9.33. The average molecular weight is 365 g/mol. The molecule has 4 rings (SSSR count). The van der Waals surface area contributed by atoms with Gasteiger partial charge in [0.1, 0.15) is 11.6 Å². The second kappa shape index (κ2) is 7.88. The Bertz CT molecular complexity index is 862. The lowest BCUT2D eigenvalue weighted by Crippen LogP contribution is -2.51. The zero-order valence-corrected chi connectivity index (χ0v) is 15.5. The molecule has 140 valence electrons. The molecule has 0 amide bonds. The van der Waals surface area contributed by atoms with Gasteiger partial charge in [0.05, 0.1) is 18.9 Å². The third-order valence-electron chi connectivity index (χ3n) is 5.00. The minimum Gasteiger partial charge on any atom is -0.351 e. The number of anilines is 1. The SMILES string of the molecule is CC1CN(Cc2cnn(Cc3ccccc3)c2)CCN1c1ccc(F)cn1. The van der Waals surface area contributed by atoms with Crippen LogP contribution in [0.2, 0.25) is 0 Å². The van der Waals surface area contributed by atoms with Crippen molar-refractivity contribution in [3.8, 4) is 0 Å². The van der Waals surface area contributed by atoms with Gasteiger partial charge in [-0.25, -0.2) is 9.37 Å². The molecule has 1 aromatic carbocycles. The molecule has 3 aromatic rings. The number of aromatic nitrogens is 3. The van der Waals surface area contributed by atoms with E-state index >= 15 is 0 Å². The Morgan fingerprint density at radius 2 is 1.85 bits per heavy atom. The lowest BCUT2D eigenvalue weighted by molar-refractivity contribution is 0.220. The molecule has 0 spiro atoms. The third-order valence-corrected chi connectivity index (χ3v) is 5.00. The summed E-state index contributed by atoms with van der Waals surface area (Å²) in [6.45, 7) is 6.66. The number of hydrogen-bond acceptors (Lipinski definition) is 4. The van der Waals surface area contributed by atoms with Crippen molar-refractivity contribution < 1.29 is 4.39 Å². The minimum atomic E-state index is -0.294. The quantitative estimate of drug-likeness (QED) is 0.696. The first kappa shape index (κ1) is 17.7. The summed E-state index contributed by atoms with van der Waals surface area (Å²) in [6, 6.07) is 13.9. The lowest BCUT2D eigenvalue weighted by atomic mass is 10.1. The van der Waals surface area contributed by atoms with Crippen molar-refractivity contribution >= 4 is 5.82 Å². The van der Waals surface area contributed by atoms with Gasteiger partial charge in [-0.3, -0.25) is 9.58 Å². The van der Waals surface area contributed by atoms with E-state index < -0.39 is 0 Å². The summed E-state index contributed by atoms with van der Waals surface area (Å²) in [6.07, 6.45) is 5.38. The first-order valence-corrected chi connectivity index (χ1v) is 9.33. The Hall–Kier alpha value is -2.73. The summed E-state index contributed by atoms with van der Waals surface area (Å²) >= 11 is 0. The van der Waals surface area contributed by atoms with Crippen molar-refractivity contribution in [2.75, 3.05) is 24.5 Å². The Kier molecular flexibility index (Phi) is 5.16. The van der Waals surface area contributed by atoms with Crippen LogP contribution in [0.1, 0.15) is 18.1 Å². The van der Waals surface area contributed by atoms with Gasteiger partial charge in [0, 0.05) is 44.0 Å². The van der Waals surface area contributed by atoms with Crippen molar-refractivity contribution in [1.29, 1.82) is 0 Å². The summed E-state index contributed by atoms with van der Waals surface area (Å²) in [4.78, 5) is 8.91. The molecule has 3 heterocycles. The summed E-state index contributed by atoms with van der Waals surface area (Å²) in [5.74, 6) is 0.553. The van der Waals surface area contributed by atoms with Gasteiger partial charge in [0.2, 0.25) is 0 Å². The van der Waals surface area contributed by atoms with Crippen LogP contribution in [-0.2, 0) is 13.1 Å². The van der Waals surface area contributed by atoms with Gasteiger partial charge in [-0.1, -0.05) is 30.3 Å². The Morgan fingerprint density at radius 3 is 2.59 bits per heavy atom. The van der Waals surface area contributed by atoms with Crippen LogP contribution in [-0.4, -0.2) is 45.3 Å². The van der Waals surface area contributed by atoms with E-state index in [0.29, 0.717) is 6.04 Å². The number of halogens is 1. The molecular formula is C21H24FN5. The van der Waals surface area contributed by atoms with Gasteiger partial charge in [0.25, 0.3) is 0 Å². The summed E-state index contributed by atoms with van der Waals surface area (Å²) < 4.78 is 15.1. The third kappa shape index (κ3) is 4.34. The van der Waals surface area contributed by atoms with Gasteiger partial charge in [0.15, 0.2) is 0 Å². The molecule has 0 radical (unpaired) electrons. The van der Waals surface area contributed by atoms with Gasteiger partial charge in [-0.05, 0) is 24.6 Å². The largest absolute Gasteiger partial charge is 0.351 e. The maximum Gasteiger partial charge on any atom is 0.141 e. The molecule has 1 aliphatic rings. The highest BCUT2D eigenvalue weighted by Crippen LogP contribution is 2.19. The molecule has 1 aliphatic heterocycles. The molecule has 2 aromatic heterocycles. The Morgan fingerprint density at radius 1 is 1.00 bits per heavy atom. The van der Waals surface area contributed by atoms with E-state index in [9.17, 15) is 4.39 Å². The minimum absolute atomic E-state index is 0.294. The van der Waals surface area contributed by atoms with Gasteiger partial charge >= 0.3 is 0 Å². The van der Waals surface area contributed by atoms with Crippen LogP contribution in [0.3, 0.4) is 0 Å². The zero-order valence-electron chi connectivity index (χ0n) is 15.5. The van der Waals surface area contributed by atoms with Gasteiger partial charge in [-0.15, -0.1) is 0 Å². The molecule has 1 fully saturated rings. The van der Waals surface area contributed by atoms with Crippen molar-refractivity contribution in [3.63, 3.8) is 0 Å². The van der Waals surface area contributed by atoms with Crippen LogP contribution in [0.5, 0.6) is 0 Å². The zero-order chi connectivity index (χ0) is 18.6. The van der Waals surface area contributed by atoms with E-state index in [1.165, 1.54) is 23.4 Å². The van der Waals surface area contributed by atoms with Crippen LogP contribution in [0.4, 0.5) is 10.2 Å². The lowest BCUT2D eigenvalue weighted by Gasteiger charge is -2.40. The summed E-state index contributed by atoms with van der Waals surface area (Å²) in [5.41, 5.74) is 2.48. The predicted octanol–water partition coefficient (Wildman–Crippen LogP) is 3.18. The number of hydrogen-bond donors (Lipinski definition) is 0. The average Bonchev–Trinajstić information content (AvgIpc) is 3.10. The molecule has 1 atom stereocenters. The number of nitrogens with zero attached hydrogens (tertiary/aromatic N) is 5. The fourth-order valence-electron chi connectivity index (χ4n) is 3.66. The van der Waals surface area contributed by atoms with Crippen molar-refractivity contribution in [2.45, 2.75) is 26.1 Å². The maximum atomic E-state index is 13.1. The van der Waals surface area contributed by atoms with Crippen LogP contribution >= 0.6 is 0 Å². The number of benzene rings is 1. The van der Waals surface area contributed by atoms with Crippen LogP contribution in [0, 0.1) is 5.82 Å². The topological polar surface area (TPSA) is 37.2 Å². The van der Waals surface area contributed by atoms with Crippen LogP contribution in [0.15, 0.2) is 61.1 Å². The van der Waals surface area contributed by atoms with E-state index in [0.717, 1.165) is 38.5 Å². The molecule has 27 heavy (non-hydrogen) atoms. The second-order valence-corrected chi connectivity index (χ2v) is 7.14. The Labute approximate surface area is 159 Å². The molecule has 0 N–H and O–H groups in total. The van der Waals surface area contributed by atoms with E-state index in [4.69, 9.17) is 0 Å². The molecule has 0 saturated carbocycles. The predicted molar refractivity (Wildman–Crippen MR) is 104 cm³/mol. The van der Waals surface area contributed by atoms with Crippen LogP contribution < -0.4 is 4.90 Å². The monoisotopic (exact) mass is 365 g/mol. The van der Waals surface area contributed by atoms with E-state index in [-0.39, 0.29) is 5.82 Å². The molecule has 5 nitrogen and oxygen atoms in total. The molecule has 6 heteroatoms. The molecule has 0 aliphatic carbocycles. The first-order chi connectivity index (χ1) is 13.2. The normalized spacial score (nSPS) is 18.0. The van der Waals surface area contributed by atoms with Gasteiger partial charge < -0.3 is 4.90 Å². The fourth-order valence-corrected chi connectivity index (χ4v) is 3.66. The smallest absolute Gasteiger partial charge is 0.141 e. The molecule has 1 unspecified atom stereocenters. The highest BCUT2D eigenvalue weighted by Gasteiger charge is 2.24. The molecule has 1 saturated heterocycles. The van der Waals surface area contributed by atoms with E-state index in [1.807, 2.05) is 16.9 Å². The van der Waals surface area contributed by atoms with Crippen LogP contribution in [0.25, 0.3) is 0 Å². The van der Waals surface area contributed by atoms with Crippen molar-refractivity contribution in [3.05, 3.63) is 78.0 Å². The Balaban J connectivity index is 1.34. The van der Waals surface area contributed by atoms with Crippen molar-refractivity contribution in [2.24, 2.45) is 0 Å². The summed E-state index contributed by atoms with van der Waals surface area (Å²) in [5, 5.41) is 4.50. The standard InChI is InChI=1S/C21H24FN5/c1-17-13-25(9-10-27(17)21-8-7-20(22)12-23-21)14-19-11-24-26(16-19)15-18-5-3-2-4-6-18/h2-8,11-12,16-17H,9-10,13-15H2,1H3. The fraction of sp³-hybridized carbons (Fsp3) is 0.333. The van der Waals surface area contributed by atoms with Crippen molar-refractivity contribution in [1.82, 2.24) is 19.7 Å². The number of piperazine rings is 1. The molecular weight excluding hydrogens is 341 g/mol. The van der Waals surface area contributed by atoms with E-state index in [1.54, 1.807) is 6.07 Å².